The number of aliphatic hydroxyl groups excluding tert-OH is 1. The fourth-order valence-electron chi connectivity index (χ4n) is 3.90. The van der Waals surface area contributed by atoms with E-state index in [9.17, 15) is 14.7 Å². The molecule has 2 aliphatic rings. The molecule has 2 aliphatic heterocycles. The number of likely N-dealkylation sites (tertiary alicyclic amines) is 1. The summed E-state index contributed by atoms with van der Waals surface area (Å²) >= 11 is 0. The highest BCUT2D eigenvalue weighted by molar-refractivity contribution is 5.88. The monoisotopic (exact) mass is 333 g/mol. The van der Waals surface area contributed by atoms with Crippen molar-refractivity contribution in [2.75, 3.05) is 19.8 Å². The van der Waals surface area contributed by atoms with Crippen LogP contribution < -0.4 is 0 Å². The molecule has 2 N–H and O–H groups in total. The standard InChI is InChI=1S/C18H23NO5/c1-12-8-14(17(22)23)3-2-13(12)9-16(21)19-11-15(20)10-18(19)4-6-24-7-5-18/h2-3,8,15,20H,4-7,9-11H2,1H3,(H,22,23). The predicted molar refractivity (Wildman–Crippen MR) is 87.0 cm³/mol. The van der Waals surface area contributed by atoms with Crippen LogP contribution >= 0.6 is 0 Å². The maximum Gasteiger partial charge on any atom is 0.335 e. The second-order valence-electron chi connectivity index (χ2n) is 6.82. The van der Waals surface area contributed by atoms with Crippen molar-refractivity contribution < 1.29 is 24.5 Å². The quantitative estimate of drug-likeness (QED) is 0.872. The number of rotatable bonds is 3. The van der Waals surface area contributed by atoms with Gasteiger partial charge in [-0.3, -0.25) is 4.79 Å². The van der Waals surface area contributed by atoms with Crippen LogP contribution in [0.4, 0.5) is 0 Å². The van der Waals surface area contributed by atoms with Gasteiger partial charge in [0.2, 0.25) is 5.91 Å². The smallest absolute Gasteiger partial charge is 0.335 e. The number of carbonyl (C=O) groups excluding carboxylic acids is 1. The Morgan fingerprint density at radius 1 is 1.33 bits per heavy atom. The summed E-state index contributed by atoms with van der Waals surface area (Å²) in [7, 11) is 0. The van der Waals surface area contributed by atoms with Crippen LogP contribution in [0.15, 0.2) is 18.2 Å². The first kappa shape index (κ1) is 16.9. The molecule has 2 fully saturated rings. The Balaban J connectivity index is 1.77. The predicted octanol–water partition coefficient (Wildman–Crippen LogP) is 1.38. The Kier molecular flexibility index (Phi) is 4.60. The molecule has 0 bridgehead atoms. The first-order chi connectivity index (χ1) is 11.4. The van der Waals surface area contributed by atoms with E-state index >= 15 is 0 Å². The van der Waals surface area contributed by atoms with Gasteiger partial charge in [0.25, 0.3) is 0 Å². The summed E-state index contributed by atoms with van der Waals surface area (Å²) in [5, 5.41) is 19.1. The number of benzene rings is 1. The minimum atomic E-state index is -0.972. The third-order valence-corrected chi connectivity index (χ3v) is 5.24. The van der Waals surface area contributed by atoms with Gasteiger partial charge in [0, 0.05) is 25.3 Å². The first-order valence-electron chi connectivity index (χ1n) is 8.30. The SMILES string of the molecule is Cc1cc(C(=O)O)ccc1CC(=O)N1CC(O)CC12CCOCC2. The molecule has 0 saturated carbocycles. The van der Waals surface area contributed by atoms with Crippen molar-refractivity contribution in [2.24, 2.45) is 0 Å². The summed E-state index contributed by atoms with van der Waals surface area (Å²) in [6.45, 7) is 3.41. The number of carboxylic acid groups (broad SMARTS) is 1. The summed E-state index contributed by atoms with van der Waals surface area (Å²) in [4.78, 5) is 25.7. The number of aromatic carboxylic acids is 1. The van der Waals surface area contributed by atoms with Crippen molar-refractivity contribution in [2.45, 2.75) is 44.2 Å². The Bertz CT molecular complexity index is 651. The molecule has 1 aromatic carbocycles. The molecule has 1 spiro atoms. The lowest BCUT2D eigenvalue weighted by Crippen LogP contribution is -2.51. The van der Waals surface area contributed by atoms with Crippen molar-refractivity contribution in [3.05, 3.63) is 34.9 Å². The maximum atomic E-state index is 12.9. The van der Waals surface area contributed by atoms with E-state index in [1.807, 2.05) is 11.8 Å². The normalized spacial score (nSPS) is 22.8. The van der Waals surface area contributed by atoms with E-state index in [-0.39, 0.29) is 23.4 Å². The van der Waals surface area contributed by atoms with E-state index in [2.05, 4.69) is 0 Å². The molecule has 3 rings (SSSR count). The van der Waals surface area contributed by atoms with Gasteiger partial charge < -0.3 is 19.8 Å². The molecule has 1 atom stereocenters. The number of ether oxygens (including phenoxy) is 1. The number of amides is 1. The molecule has 2 saturated heterocycles. The zero-order chi connectivity index (χ0) is 17.3. The van der Waals surface area contributed by atoms with E-state index in [4.69, 9.17) is 9.84 Å². The molecule has 2 heterocycles. The molecule has 0 aliphatic carbocycles. The van der Waals surface area contributed by atoms with Crippen LogP contribution in [0.5, 0.6) is 0 Å². The number of aliphatic hydroxyl groups is 1. The first-order valence-corrected chi connectivity index (χ1v) is 8.30. The lowest BCUT2D eigenvalue weighted by Gasteiger charge is -2.41. The van der Waals surface area contributed by atoms with Crippen LogP contribution in [0.25, 0.3) is 0 Å². The summed E-state index contributed by atoms with van der Waals surface area (Å²) in [6.07, 6.45) is 1.86. The highest BCUT2D eigenvalue weighted by atomic mass is 16.5. The van der Waals surface area contributed by atoms with Crippen molar-refractivity contribution in [3.8, 4) is 0 Å². The molecule has 24 heavy (non-hydrogen) atoms. The van der Waals surface area contributed by atoms with E-state index in [0.717, 1.165) is 24.0 Å². The second kappa shape index (κ2) is 6.53. The molecule has 1 unspecified atom stereocenters. The molecular formula is C18H23NO5. The molecule has 130 valence electrons. The van der Waals surface area contributed by atoms with Gasteiger partial charge in [-0.1, -0.05) is 6.07 Å². The molecule has 1 aromatic rings. The molecule has 1 amide bonds. The van der Waals surface area contributed by atoms with E-state index in [0.29, 0.717) is 26.2 Å². The molecule has 0 aromatic heterocycles. The van der Waals surface area contributed by atoms with Crippen molar-refractivity contribution in [1.29, 1.82) is 0 Å². The lowest BCUT2D eigenvalue weighted by molar-refractivity contribution is -0.138. The van der Waals surface area contributed by atoms with Gasteiger partial charge in [0.1, 0.15) is 0 Å². The van der Waals surface area contributed by atoms with Gasteiger partial charge in [0.05, 0.1) is 18.1 Å². The van der Waals surface area contributed by atoms with Crippen LogP contribution in [0.2, 0.25) is 0 Å². The summed E-state index contributed by atoms with van der Waals surface area (Å²) in [5.41, 5.74) is 1.56. The molecule has 0 radical (unpaired) electrons. The Hall–Kier alpha value is -1.92. The summed E-state index contributed by atoms with van der Waals surface area (Å²) in [6, 6.07) is 4.83. The van der Waals surface area contributed by atoms with Gasteiger partial charge in [-0.25, -0.2) is 4.79 Å². The number of hydrogen-bond acceptors (Lipinski definition) is 4. The van der Waals surface area contributed by atoms with Gasteiger partial charge in [-0.2, -0.15) is 0 Å². The van der Waals surface area contributed by atoms with Gasteiger partial charge in [0.15, 0.2) is 0 Å². The van der Waals surface area contributed by atoms with Crippen molar-refractivity contribution in [3.63, 3.8) is 0 Å². The number of β-amino-alcohol motifs (C(OH)–C–C–N with tert-alkyl or cyclic N) is 1. The number of aryl methyl sites for hydroxylation is 1. The lowest BCUT2D eigenvalue weighted by atomic mass is 9.86. The Morgan fingerprint density at radius 3 is 2.67 bits per heavy atom. The second-order valence-corrected chi connectivity index (χ2v) is 6.82. The molecular weight excluding hydrogens is 310 g/mol. The minimum absolute atomic E-state index is 0.0142. The zero-order valence-electron chi connectivity index (χ0n) is 13.8. The Labute approximate surface area is 141 Å². The van der Waals surface area contributed by atoms with Crippen LogP contribution in [-0.2, 0) is 16.0 Å². The van der Waals surface area contributed by atoms with Crippen LogP contribution in [-0.4, -0.2) is 58.4 Å². The van der Waals surface area contributed by atoms with Gasteiger partial charge >= 0.3 is 5.97 Å². The number of hydrogen-bond donors (Lipinski definition) is 2. The zero-order valence-corrected chi connectivity index (χ0v) is 13.8. The largest absolute Gasteiger partial charge is 0.478 e. The fraction of sp³-hybridized carbons (Fsp3) is 0.556. The van der Waals surface area contributed by atoms with Crippen LogP contribution in [0, 0.1) is 6.92 Å². The number of carbonyl (C=O) groups is 2. The van der Waals surface area contributed by atoms with E-state index < -0.39 is 12.1 Å². The third kappa shape index (κ3) is 3.16. The van der Waals surface area contributed by atoms with E-state index in [1.165, 1.54) is 6.07 Å². The average molecular weight is 333 g/mol. The molecule has 6 heteroatoms. The van der Waals surface area contributed by atoms with Crippen molar-refractivity contribution in [1.82, 2.24) is 4.90 Å². The number of nitrogens with zero attached hydrogens (tertiary/aromatic N) is 1. The Morgan fingerprint density at radius 2 is 2.04 bits per heavy atom. The van der Waals surface area contributed by atoms with Gasteiger partial charge in [-0.15, -0.1) is 0 Å². The van der Waals surface area contributed by atoms with Crippen LogP contribution in [0.3, 0.4) is 0 Å². The minimum Gasteiger partial charge on any atom is -0.478 e. The highest BCUT2D eigenvalue weighted by Crippen LogP contribution is 2.38. The van der Waals surface area contributed by atoms with Crippen molar-refractivity contribution >= 4 is 11.9 Å². The molecule has 6 nitrogen and oxygen atoms in total. The maximum absolute atomic E-state index is 12.9. The highest BCUT2D eigenvalue weighted by Gasteiger charge is 2.47. The number of carboxylic acids is 1. The summed E-state index contributed by atoms with van der Waals surface area (Å²) < 4.78 is 5.42. The average Bonchev–Trinajstić information content (AvgIpc) is 2.85. The summed E-state index contributed by atoms with van der Waals surface area (Å²) in [5.74, 6) is -0.987. The topological polar surface area (TPSA) is 87.1 Å². The van der Waals surface area contributed by atoms with Crippen LogP contribution in [0.1, 0.15) is 40.7 Å². The van der Waals surface area contributed by atoms with E-state index in [1.54, 1.807) is 12.1 Å². The fourth-order valence-corrected chi connectivity index (χ4v) is 3.90. The van der Waals surface area contributed by atoms with Gasteiger partial charge in [-0.05, 0) is 49.4 Å². The third-order valence-electron chi connectivity index (χ3n) is 5.24.